The summed E-state index contributed by atoms with van der Waals surface area (Å²) in [5.74, 6) is 6.11. The van der Waals surface area contributed by atoms with Crippen molar-refractivity contribution in [2.75, 3.05) is 13.6 Å². The van der Waals surface area contributed by atoms with Crippen molar-refractivity contribution in [2.24, 2.45) is 68.5 Å². The van der Waals surface area contributed by atoms with Crippen molar-refractivity contribution in [3.63, 3.8) is 0 Å². The normalized spacial score (nSPS) is 57.4. The lowest BCUT2D eigenvalue weighted by molar-refractivity contribution is -0.258. The molecule has 5 saturated carbocycles. The van der Waals surface area contributed by atoms with Crippen LogP contribution >= 0.6 is 12.6 Å². The van der Waals surface area contributed by atoms with E-state index in [0.717, 1.165) is 48.0 Å². The molecule has 0 saturated heterocycles. The van der Waals surface area contributed by atoms with Crippen molar-refractivity contribution in [2.45, 2.75) is 125 Å². The van der Waals surface area contributed by atoms with Gasteiger partial charge in [-0.25, -0.2) is 0 Å². The van der Waals surface area contributed by atoms with Crippen LogP contribution in [0.5, 0.6) is 0 Å². The van der Waals surface area contributed by atoms with Crippen LogP contribution in [0.2, 0.25) is 0 Å². The minimum atomic E-state index is 0.412. The summed E-state index contributed by atoms with van der Waals surface area (Å²) >= 11 is 5.38. The summed E-state index contributed by atoms with van der Waals surface area (Å²) in [6, 6.07) is 0. The molecule has 1 N–H and O–H groups in total. The van der Waals surface area contributed by atoms with Gasteiger partial charge in [0.2, 0.25) is 0 Å². The van der Waals surface area contributed by atoms with Crippen LogP contribution in [0.1, 0.15) is 120 Å². The first kappa shape index (κ1) is 26.9. The number of thiol groups is 1. The Kier molecular flexibility index (Phi) is 6.65. The van der Waals surface area contributed by atoms with E-state index >= 15 is 0 Å². The van der Waals surface area contributed by atoms with Crippen LogP contribution in [0.3, 0.4) is 0 Å². The molecule has 5 fully saturated rings. The van der Waals surface area contributed by atoms with Gasteiger partial charge in [0, 0.05) is 5.25 Å². The van der Waals surface area contributed by atoms with Gasteiger partial charge in [0.1, 0.15) is 0 Å². The second kappa shape index (κ2) is 8.66. The van der Waals surface area contributed by atoms with E-state index < -0.39 is 0 Å². The third kappa shape index (κ3) is 3.56. The second-order valence-corrected chi connectivity index (χ2v) is 17.0. The van der Waals surface area contributed by atoms with E-state index in [1.807, 2.05) is 0 Å². The molecule has 5 aliphatic carbocycles. The molecular weight excluding hydrogens is 442 g/mol. The Labute approximate surface area is 224 Å². The SMILES string of the molecule is CNCCC1C(S)CC(C)(C)[C@@H]2CC[C@]3(C)[C@H](CC[C@@H]4[C@@H]5[C@@H](C)[C@H](C)CC[C@]5(C)CC[C@]43C)[C@@]12C. The van der Waals surface area contributed by atoms with Crippen molar-refractivity contribution in [3.05, 3.63) is 0 Å². The van der Waals surface area contributed by atoms with Crippen LogP contribution < -0.4 is 5.32 Å². The van der Waals surface area contributed by atoms with Crippen molar-refractivity contribution in [1.82, 2.24) is 5.32 Å². The molecule has 0 heterocycles. The van der Waals surface area contributed by atoms with Gasteiger partial charge in [-0.3, -0.25) is 0 Å². The molecule has 2 heteroatoms. The van der Waals surface area contributed by atoms with Crippen LogP contribution in [0.4, 0.5) is 0 Å². The van der Waals surface area contributed by atoms with Gasteiger partial charge in [0.25, 0.3) is 0 Å². The minimum absolute atomic E-state index is 0.412. The van der Waals surface area contributed by atoms with Gasteiger partial charge >= 0.3 is 0 Å². The predicted molar refractivity (Wildman–Crippen MR) is 155 cm³/mol. The fourth-order valence-electron chi connectivity index (χ4n) is 12.8. The topological polar surface area (TPSA) is 12.0 Å². The lowest BCUT2D eigenvalue weighted by Gasteiger charge is -2.75. The molecule has 0 aromatic heterocycles. The Bertz CT molecular complexity index is 807. The van der Waals surface area contributed by atoms with E-state index in [2.05, 4.69) is 67.8 Å². The zero-order chi connectivity index (χ0) is 25.6. The highest BCUT2D eigenvalue weighted by Crippen LogP contribution is 2.78. The summed E-state index contributed by atoms with van der Waals surface area (Å²) < 4.78 is 0. The molecule has 0 aromatic carbocycles. The van der Waals surface area contributed by atoms with Gasteiger partial charge < -0.3 is 5.32 Å². The molecule has 0 bridgehead atoms. The smallest absolute Gasteiger partial charge is 0.00561 e. The van der Waals surface area contributed by atoms with E-state index in [-0.39, 0.29) is 0 Å². The fraction of sp³-hybridized carbons (Fsp3) is 1.00. The van der Waals surface area contributed by atoms with Crippen molar-refractivity contribution in [3.8, 4) is 0 Å². The molecular formula is C33H59NS. The quantitative estimate of drug-likeness (QED) is 0.368. The molecule has 1 nitrogen and oxygen atoms in total. The first-order chi connectivity index (χ1) is 16.3. The standard InChI is InChI=1S/C33H59NS/c1-21-12-15-30(5)17-18-31(6)24(28(30)22(21)2)10-11-27-32(31,7)16-13-26-29(3,4)20-25(35)23(14-19-34-9)33(26,27)8/h21-28,34-35H,10-20H2,1-9H3/t21-,22+,23?,24-,25?,26+,27+,28+,30-,31-,32-,33+/m1/s1. The molecule has 12 atom stereocenters. The highest BCUT2D eigenvalue weighted by molar-refractivity contribution is 7.81. The van der Waals surface area contributed by atoms with Gasteiger partial charge in [-0.1, -0.05) is 55.4 Å². The Morgan fingerprint density at radius 2 is 1.51 bits per heavy atom. The van der Waals surface area contributed by atoms with Gasteiger partial charge in [-0.05, 0) is 146 Å². The molecule has 0 spiro atoms. The van der Waals surface area contributed by atoms with Gasteiger partial charge in [0.15, 0.2) is 0 Å². The number of hydrogen-bond donors (Lipinski definition) is 2. The fourth-order valence-corrected chi connectivity index (χ4v) is 13.7. The van der Waals surface area contributed by atoms with E-state index in [0.29, 0.717) is 32.3 Å². The molecule has 5 rings (SSSR count). The van der Waals surface area contributed by atoms with Crippen LogP contribution in [0.15, 0.2) is 0 Å². The van der Waals surface area contributed by atoms with Crippen molar-refractivity contribution < 1.29 is 0 Å². The second-order valence-electron chi connectivity index (χ2n) is 16.3. The zero-order valence-electron chi connectivity index (χ0n) is 24.8. The summed E-state index contributed by atoms with van der Waals surface area (Å²) in [6.45, 7) is 22.7. The number of fused-ring (bicyclic) bond motifs is 7. The Hall–Kier alpha value is 0.310. The number of rotatable bonds is 3. The zero-order valence-corrected chi connectivity index (χ0v) is 25.7. The third-order valence-corrected chi connectivity index (χ3v) is 15.4. The van der Waals surface area contributed by atoms with E-state index in [1.54, 1.807) is 0 Å². The maximum Gasteiger partial charge on any atom is 0.00561 e. The third-order valence-electron chi connectivity index (χ3n) is 14.8. The molecule has 0 aliphatic heterocycles. The molecule has 35 heavy (non-hydrogen) atoms. The van der Waals surface area contributed by atoms with Crippen LogP contribution in [0, 0.1) is 68.5 Å². The summed E-state index contributed by atoms with van der Waals surface area (Å²) in [5, 5.41) is 4.06. The van der Waals surface area contributed by atoms with Crippen LogP contribution in [-0.2, 0) is 0 Å². The van der Waals surface area contributed by atoms with Crippen LogP contribution in [0.25, 0.3) is 0 Å². The highest BCUT2D eigenvalue weighted by atomic mass is 32.1. The summed E-state index contributed by atoms with van der Waals surface area (Å²) in [6.07, 6.45) is 14.4. The van der Waals surface area contributed by atoms with E-state index in [1.165, 1.54) is 64.2 Å². The van der Waals surface area contributed by atoms with E-state index in [4.69, 9.17) is 12.6 Å². The molecule has 2 unspecified atom stereocenters. The molecule has 5 aliphatic rings. The number of hydrogen-bond acceptors (Lipinski definition) is 2. The summed E-state index contributed by atoms with van der Waals surface area (Å²) in [5.41, 5.74) is 2.40. The average molecular weight is 502 g/mol. The maximum absolute atomic E-state index is 5.38. The average Bonchev–Trinajstić information content (AvgIpc) is 2.77. The maximum atomic E-state index is 5.38. The van der Waals surface area contributed by atoms with E-state index in [9.17, 15) is 0 Å². The largest absolute Gasteiger partial charge is 0.320 e. The minimum Gasteiger partial charge on any atom is -0.320 e. The molecule has 0 radical (unpaired) electrons. The van der Waals surface area contributed by atoms with Crippen molar-refractivity contribution in [1.29, 1.82) is 0 Å². The monoisotopic (exact) mass is 501 g/mol. The summed E-state index contributed by atoms with van der Waals surface area (Å²) in [4.78, 5) is 0. The Balaban J connectivity index is 1.57. The lowest BCUT2D eigenvalue weighted by Crippen LogP contribution is -2.68. The predicted octanol–water partition coefficient (Wildman–Crippen LogP) is 8.88. The van der Waals surface area contributed by atoms with Crippen LogP contribution in [-0.4, -0.2) is 18.8 Å². The van der Waals surface area contributed by atoms with Crippen molar-refractivity contribution >= 4 is 12.6 Å². The molecule has 0 aromatic rings. The Morgan fingerprint density at radius 3 is 2.20 bits per heavy atom. The molecule has 0 amide bonds. The highest BCUT2D eigenvalue weighted by Gasteiger charge is 2.71. The Morgan fingerprint density at radius 1 is 0.800 bits per heavy atom. The first-order valence-corrected chi connectivity index (χ1v) is 16.1. The molecule has 202 valence electrons. The van der Waals surface area contributed by atoms with Gasteiger partial charge in [-0.15, -0.1) is 0 Å². The van der Waals surface area contributed by atoms with Gasteiger partial charge in [-0.2, -0.15) is 12.6 Å². The first-order valence-electron chi connectivity index (χ1n) is 15.6. The lowest BCUT2D eigenvalue weighted by atomic mass is 9.30. The number of nitrogens with one attached hydrogen (secondary N) is 1. The summed E-state index contributed by atoms with van der Waals surface area (Å²) in [7, 11) is 2.14. The van der Waals surface area contributed by atoms with Gasteiger partial charge in [0.05, 0.1) is 0 Å².